The normalized spacial score (nSPS) is 25.4. The molecule has 0 aliphatic carbocycles. The first kappa shape index (κ1) is 23.0. The van der Waals surface area contributed by atoms with E-state index in [1.807, 2.05) is 0 Å². The molecule has 26 heavy (non-hydrogen) atoms. The van der Waals surface area contributed by atoms with Crippen molar-refractivity contribution in [3.05, 3.63) is 24.3 Å². The lowest BCUT2D eigenvalue weighted by molar-refractivity contribution is -0.138. The van der Waals surface area contributed by atoms with Gasteiger partial charge in [-0.15, -0.1) is 0 Å². The van der Waals surface area contributed by atoms with Crippen molar-refractivity contribution >= 4 is 5.78 Å². The van der Waals surface area contributed by atoms with Gasteiger partial charge in [-0.1, -0.05) is 63.3 Å². The van der Waals surface area contributed by atoms with Crippen LogP contribution in [0.25, 0.3) is 0 Å². The summed E-state index contributed by atoms with van der Waals surface area (Å²) in [5.74, 6) is -4.85. The quantitative estimate of drug-likeness (QED) is 0.219. The molecule has 0 aromatic rings. The van der Waals surface area contributed by atoms with Crippen LogP contribution in [0.5, 0.6) is 0 Å². The van der Waals surface area contributed by atoms with Gasteiger partial charge in [0, 0.05) is 6.42 Å². The SMILES string of the molecule is CCCCC/C=C\C/C=C\CCCCCCCC(=O)C1(O)OC1(O)CO. The molecule has 1 rings (SSSR count). The number of rotatable bonds is 16. The van der Waals surface area contributed by atoms with Crippen LogP contribution in [-0.2, 0) is 9.53 Å². The Kier molecular flexibility index (Phi) is 11.0. The third-order valence-electron chi connectivity index (χ3n) is 4.75. The van der Waals surface area contributed by atoms with E-state index in [4.69, 9.17) is 5.11 Å². The van der Waals surface area contributed by atoms with E-state index < -0.39 is 24.0 Å². The molecule has 150 valence electrons. The number of ether oxygens (including phenoxy) is 1. The average molecular weight is 369 g/mol. The Hall–Kier alpha value is -1.01. The largest absolute Gasteiger partial charge is 0.391 e. The number of hydrogen-bond donors (Lipinski definition) is 3. The van der Waals surface area contributed by atoms with E-state index >= 15 is 0 Å². The van der Waals surface area contributed by atoms with E-state index in [0.717, 1.165) is 38.5 Å². The molecule has 2 unspecified atom stereocenters. The monoisotopic (exact) mass is 368 g/mol. The number of hydrogen-bond acceptors (Lipinski definition) is 5. The Labute approximate surface area is 157 Å². The number of aliphatic hydroxyl groups is 3. The van der Waals surface area contributed by atoms with E-state index in [0.29, 0.717) is 6.42 Å². The van der Waals surface area contributed by atoms with Crippen LogP contribution in [0.3, 0.4) is 0 Å². The molecule has 0 saturated carbocycles. The summed E-state index contributed by atoms with van der Waals surface area (Å²) in [6.45, 7) is 1.44. The van der Waals surface area contributed by atoms with Gasteiger partial charge in [0.05, 0.1) is 0 Å². The third-order valence-corrected chi connectivity index (χ3v) is 4.75. The van der Waals surface area contributed by atoms with Gasteiger partial charge in [0.1, 0.15) is 6.61 Å². The highest BCUT2D eigenvalue weighted by Gasteiger charge is 2.74. The fraction of sp³-hybridized carbons (Fsp3) is 0.762. The number of Topliss-reactive ketones (excluding diaryl/α,β-unsaturated/α-hetero) is 1. The summed E-state index contributed by atoms with van der Waals surface area (Å²) in [4.78, 5) is 11.8. The Morgan fingerprint density at radius 2 is 1.46 bits per heavy atom. The summed E-state index contributed by atoms with van der Waals surface area (Å²) < 4.78 is 4.58. The van der Waals surface area contributed by atoms with Crippen molar-refractivity contribution in [2.75, 3.05) is 6.61 Å². The molecular weight excluding hydrogens is 332 g/mol. The molecule has 1 heterocycles. The molecule has 5 nitrogen and oxygen atoms in total. The summed E-state index contributed by atoms with van der Waals surface area (Å²) in [5, 5.41) is 28.1. The number of aliphatic hydroxyl groups excluding tert-OH is 1. The van der Waals surface area contributed by atoms with Crippen LogP contribution in [0.4, 0.5) is 0 Å². The molecule has 0 radical (unpaired) electrons. The fourth-order valence-electron chi connectivity index (χ4n) is 2.90. The maximum Gasteiger partial charge on any atom is 0.287 e. The maximum atomic E-state index is 11.8. The summed E-state index contributed by atoms with van der Waals surface area (Å²) in [6, 6.07) is 0. The highest BCUT2D eigenvalue weighted by atomic mass is 16.8. The number of epoxide rings is 1. The van der Waals surface area contributed by atoms with Crippen LogP contribution in [0.1, 0.15) is 84.0 Å². The Balaban J connectivity index is 1.91. The number of allylic oxidation sites excluding steroid dienone is 4. The molecule has 1 aliphatic rings. The lowest BCUT2D eigenvalue weighted by atomic mass is 10.0. The first-order chi connectivity index (χ1) is 12.5. The minimum atomic E-state index is -2.20. The van der Waals surface area contributed by atoms with Gasteiger partial charge < -0.3 is 15.3 Å². The smallest absolute Gasteiger partial charge is 0.287 e. The molecule has 1 fully saturated rings. The molecule has 3 N–H and O–H groups in total. The average Bonchev–Trinajstić information content (AvgIpc) is 3.21. The Morgan fingerprint density at radius 3 is 2.04 bits per heavy atom. The molecule has 0 aromatic heterocycles. The van der Waals surface area contributed by atoms with Crippen molar-refractivity contribution < 1.29 is 24.9 Å². The van der Waals surface area contributed by atoms with Gasteiger partial charge in [0.15, 0.2) is 5.78 Å². The van der Waals surface area contributed by atoms with Crippen molar-refractivity contribution in [3.63, 3.8) is 0 Å². The predicted octanol–water partition coefficient (Wildman–Crippen LogP) is 3.77. The van der Waals surface area contributed by atoms with Gasteiger partial charge in [-0.3, -0.25) is 9.53 Å². The number of carbonyl (C=O) groups is 1. The van der Waals surface area contributed by atoms with E-state index in [9.17, 15) is 15.0 Å². The van der Waals surface area contributed by atoms with E-state index in [2.05, 4.69) is 36.0 Å². The second-order valence-electron chi connectivity index (χ2n) is 7.09. The lowest BCUT2D eigenvalue weighted by Gasteiger charge is -2.07. The summed E-state index contributed by atoms with van der Waals surface area (Å²) in [6.07, 6.45) is 21.1. The summed E-state index contributed by atoms with van der Waals surface area (Å²) >= 11 is 0. The molecule has 0 aromatic carbocycles. The predicted molar refractivity (Wildman–Crippen MR) is 102 cm³/mol. The third kappa shape index (κ3) is 7.70. The molecule has 2 atom stereocenters. The topological polar surface area (TPSA) is 90.3 Å². The van der Waals surface area contributed by atoms with Crippen LogP contribution >= 0.6 is 0 Å². The van der Waals surface area contributed by atoms with Crippen molar-refractivity contribution in [1.29, 1.82) is 0 Å². The summed E-state index contributed by atoms with van der Waals surface area (Å²) in [7, 11) is 0. The van der Waals surface area contributed by atoms with E-state index in [-0.39, 0.29) is 6.42 Å². The highest BCUT2D eigenvalue weighted by molar-refractivity contribution is 5.89. The van der Waals surface area contributed by atoms with E-state index in [1.54, 1.807) is 0 Å². The van der Waals surface area contributed by atoms with Crippen LogP contribution in [0, 0.1) is 0 Å². The van der Waals surface area contributed by atoms with Crippen molar-refractivity contribution in [2.24, 2.45) is 0 Å². The Morgan fingerprint density at radius 1 is 0.885 bits per heavy atom. The van der Waals surface area contributed by atoms with Crippen LogP contribution < -0.4 is 0 Å². The molecule has 0 amide bonds. The highest BCUT2D eigenvalue weighted by Crippen LogP contribution is 2.44. The first-order valence-electron chi connectivity index (χ1n) is 10.1. The van der Waals surface area contributed by atoms with Gasteiger partial charge in [-0.05, 0) is 38.5 Å². The van der Waals surface area contributed by atoms with Crippen molar-refractivity contribution in [1.82, 2.24) is 0 Å². The van der Waals surface area contributed by atoms with Gasteiger partial charge >= 0.3 is 0 Å². The van der Waals surface area contributed by atoms with Crippen LogP contribution in [-0.4, -0.2) is 39.3 Å². The molecule has 0 spiro atoms. The second kappa shape index (κ2) is 12.4. The standard InChI is InChI=1S/C21H36O5/c1-2-3-4-5-6-7-8-9-10-11-12-13-14-15-16-17-19(23)21(25)20(24,18-22)26-21/h6-7,9-10,22,24-25H,2-5,8,11-18H2,1H3/b7-6-,10-9-. The first-order valence-corrected chi connectivity index (χ1v) is 10.1. The minimum Gasteiger partial charge on any atom is -0.391 e. The molecule has 5 heteroatoms. The zero-order valence-corrected chi connectivity index (χ0v) is 16.2. The van der Waals surface area contributed by atoms with E-state index in [1.165, 1.54) is 25.7 Å². The van der Waals surface area contributed by atoms with Crippen molar-refractivity contribution in [2.45, 2.75) is 95.5 Å². The van der Waals surface area contributed by atoms with Crippen molar-refractivity contribution in [3.8, 4) is 0 Å². The van der Waals surface area contributed by atoms with Gasteiger partial charge in [0.2, 0.25) is 0 Å². The zero-order valence-electron chi connectivity index (χ0n) is 16.2. The molecular formula is C21H36O5. The lowest BCUT2D eigenvalue weighted by Crippen LogP contribution is -2.36. The van der Waals surface area contributed by atoms with Gasteiger partial charge in [0.25, 0.3) is 11.6 Å². The van der Waals surface area contributed by atoms with Gasteiger partial charge in [-0.2, -0.15) is 0 Å². The van der Waals surface area contributed by atoms with Crippen LogP contribution in [0.15, 0.2) is 24.3 Å². The molecule has 0 bridgehead atoms. The fourth-order valence-corrected chi connectivity index (χ4v) is 2.90. The summed E-state index contributed by atoms with van der Waals surface area (Å²) in [5.41, 5.74) is 0. The van der Waals surface area contributed by atoms with Gasteiger partial charge in [-0.25, -0.2) is 0 Å². The minimum absolute atomic E-state index is 0.156. The maximum absolute atomic E-state index is 11.8. The number of carbonyl (C=O) groups excluding carboxylic acids is 1. The number of unbranched alkanes of at least 4 members (excludes halogenated alkanes) is 8. The Bertz CT molecular complexity index is 459. The molecule has 1 saturated heterocycles. The van der Waals surface area contributed by atoms with Crippen LogP contribution in [0.2, 0.25) is 0 Å². The second-order valence-corrected chi connectivity index (χ2v) is 7.09. The molecule has 1 aliphatic heterocycles. The zero-order chi connectivity index (χ0) is 19.3. The number of ketones is 1.